The van der Waals surface area contributed by atoms with Gasteiger partial charge in [0.1, 0.15) is 0 Å². The van der Waals surface area contributed by atoms with Gasteiger partial charge in [0.05, 0.1) is 18.3 Å². The van der Waals surface area contributed by atoms with E-state index in [1.165, 1.54) is 0 Å². The van der Waals surface area contributed by atoms with E-state index < -0.39 is 0 Å². The number of hydrogen-bond acceptors (Lipinski definition) is 1. The lowest BCUT2D eigenvalue weighted by atomic mass is 10.1. The Morgan fingerprint density at radius 2 is 1.77 bits per heavy atom. The van der Waals surface area contributed by atoms with Crippen molar-refractivity contribution in [3.05, 3.63) is 83.2 Å². The Labute approximate surface area is 154 Å². The van der Waals surface area contributed by atoms with Gasteiger partial charge >= 0.3 is 6.03 Å². The molecule has 1 aliphatic rings. The van der Waals surface area contributed by atoms with Gasteiger partial charge in [0.25, 0.3) is 0 Å². The van der Waals surface area contributed by atoms with E-state index in [9.17, 15) is 4.79 Å². The Balaban J connectivity index is 1.69. The van der Waals surface area contributed by atoms with Crippen LogP contribution in [0.3, 0.4) is 0 Å². The minimum Gasteiger partial charge on any atom is -0.318 e. The largest absolute Gasteiger partial charge is 0.322 e. The molecule has 1 aliphatic heterocycles. The van der Waals surface area contributed by atoms with Gasteiger partial charge < -0.3 is 14.8 Å². The number of carbonyl (C=O) groups excluding carboxylic acids is 1. The fourth-order valence-corrected chi connectivity index (χ4v) is 3.80. The third-order valence-corrected chi connectivity index (χ3v) is 5.00. The van der Waals surface area contributed by atoms with Crippen LogP contribution in [-0.4, -0.2) is 15.5 Å². The number of nitrogens with zero attached hydrogens (tertiary/aromatic N) is 2. The van der Waals surface area contributed by atoms with Gasteiger partial charge in [-0.25, -0.2) is 4.79 Å². The molecule has 1 N–H and O–H groups in total. The molecule has 1 aromatic heterocycles. The average Bonchev–Trinajstić information content (AvgIpc) is 3.04. The van der Waals surface area contributed by atoms with Crippen LogP contribution in [0.4, 0.5) is 10.5 Å². The van der Waals surface area contributed by atoms with Gasteiger partial charge in [-0.2, -0.15) is 0 Å². The summed E-state index contributed by atoms with van der Waals surface area (Å²) in [5.41, 5.74) is 6.52. The second-order valence-electron chi connectivity index (χ2n) is 7.04. The van der Waals surface area contributed by atoms with Gasteiger partial charge in [-0.05, 0) is 67.8 Å². The topological polar surface area (TPSA) is 37.3 Å². The summed E-state index contributed by atoms with van der Waals surface area (Å²) >= 11 is 0. The van der Waals surface area contributed by atoms with Crippen LogP contribution >= 0.6 is 0 Å². The molecule has 0 saturated heterocycles. The molecule has 1 atom stereocenters. The molecule has 4 heteroatoms. The van der Waals surface area contributed by atoms with E-state index in [2.05, 4.69) is 47.3 Å². The lowest BCUT2D eigenvalue weighted by Gasteiger charge is -2.28. The molecule has 0 saturated carbocycles. The summed E-state index contributed by atoms with van der Waals surface area (Å²) in [6.45, 7) is 6.75. The van der Waals surface area contributed by atoms with E-state index in [1.807, 2.05) is 49.1 Å². The molecule has 4 rings (SSSR count). The van der Waals surface area contributed by atoms with Crippen LogP contribution in [0.2, 0.25) is 0 Å². The molecule has 0 aliphatic carbocycles. The number of aryl methyl sites for hydroxylation is 2. The van der Waals surface area contributed by atoms with Crippen molar-refractivity contribution in [3.8, 4) is 5.69 Å². The number of para-hydroxylation sites is 1. The molecular formula is C22H23N3O. The van der Waals surface area contributed by atoms with Crippen molar-refractivity contribution >= 4 is 11.7 Å². The molecule has 0 bridgehead atoms. The standard InChI is InChI=1S/C22H23N3O/c1-15-11-16(2)13-19(12-15)23-22(26)25-14-18-7-4-5-8-21(18)24-10-6-9-20(24)17(25)3/h4-13,17H,14H2,1-3H3,(H,23,26). The summed E-state index contributed by atoms with van der Waals surface area (Å²) < 4.78 is 2.18. The second kappa shape index (κ2) is 6.37. The minimum absolute atomic E-state index is 0.0247. The first-order valence-corrected chi connectivity index (χ1v) is 8.94. The number of anilines is 1. The van der Waals surface area contributed by atoms with Crippen molar-refractivity contribution in [2.24, 2.45) is 0 Å². The number of urea groups is 1. The number of benzene rings is 2. The predicted octanol–water partition coefficient (Wildman–Crippen LogP) is 5.20. The van der Waals surface area contributed by atoms with Crippen molar-refractivity contribution in [2.45, 2.75) is 33.4 Å². The highest BCUT2D eigenvalue weighted by atomic mass is 16.2. The van der Waals surface area contributed by atoms with Gasteiger partial charge in [0, 0.05) is 17.6 Å². The maximum atomic E-state index is 13.1. The average molecular weight is 345 g/mol. The SMILES string of the molecule is Cc1cc(C)cc(NC(=O)N2Cc3ccccc3-n3cccc3C2C)c1. The molecule has 2 heterocycles. The molecule has 4 nitrogen and oxygen atoms in total. The first kappa shape index (κ1) is 16.5. The first-order valence-electron chi connectivity index (χ1n) is 8.94. The van der Waals surface area contributed by atoms with Crippen molar-refractivity contribution in [3.63, 3.8) is 0 Å². The fraction of sp³-hybridized carbons (Fsp3) is 0.227. The highest BCUT2D eigenvalue weighted by Gasteiger charge is 2.28. The maximum Gasteiger partial charge on any atom is 0.322 e. The molecule has 2 aromatic carbocycles. The molecular weight excluding hydrogens is 322 g/mol. The number of hydrogen-bond donors (Lipinski definition) is 1. The van der Waals surface area contributed by atoms with E-state index in [-0.39, 0.29) is 12.1 Å². The van der Waals surface area contributed by atoms with Gasteiger partial charge in [0.2, 0.25) is 0 Å². The molecule has 0 fully saturated rings. The van der Waals surface area contributed by atoms with E-state index in [1.54, 1.807) is 0 Å². The Morgan fingerprint density at radius 3 is 2.54 bits per heavy atom. The number of rotatable bonds is 1. The summed E-state index contributed by atoms with van der Waals surface area (Å²) in [6, 6.07) is 18.4. The van der Waals surface area contributed by atoms with E-state index >= 15 is 0 Å². The molecule has 1 unspecified atom stereocenters. The highest BCUT2D eigenvalue weighted by Crippen LogP contribution is 2.32. The third kappa shape index (κ3) is 2.88. The Bertz CT molecular complexity index is 953. The van der Waals surface area contributed by atoms with Crippen molar-refractivity contribution in [1.29, 1.82) is 0 Å². The number of fused-ring (bicyclic) bond motifs is 3. The number of aromatic nitrogens is 1. The smallest absolute Gasteiger partial charge is 0.318 e. The van der Waals surface area contributed by atoms with Crippen LogP contribution in [0.5, 0.6) is 0 Å². The van der Waals surface area contributed by atoms with Crippen LogP contribution in [0.15, 0.2) is 60.8 Å². The predicted molar refractivity (Wildman–Crippen MR) is 105 cm³/mol. The zero-order valence-corrected chi connectivity index (χ0v) is 15.4. The monoisotopic (exact) mass is 345 g/mol. The summed E-state index contributed by atoms with van der Waals surface area (Å²) in [4.78, 5) is 15.0. The zero-order chi connectivity index (χ0) is 18.3. The fourth-order valence-electron chi connectivity index (χ4n) is 3.80. The van der Waals surface area contributed by atoms with Crippen LogP contribution in [0.1, 0.15) is 35.3 Å². The molecule has 2 amide bonds. The van der Waals surface area contributed by atoms with Crippen molar-refractivity contribution < 1.29 is 4.79 Å². The molecule has 0 spiro atoms. The van der Waals surface area contributed by atoms with Crippen LogP contribution < -0.4 is 5.32 Å². The Hall–Kier alpha value is -3.01. The first-order chi connectivity index (χ1) is 12.5. The van der Waals surface area contributed by atoms with Gasteiger partial charge in [-0.3, -0.25) is 0 Å². The van der Waals surface area contributed by atoms with Crippen LogP contribution in [0, 0.1) is 13.8 Å². The Morgan fingerprint density at radius 1 is 1.04 bits per heavy atom. The third-order valence-electron chi connectivity index (χ3n) is 5.00. The maximum absolute atomic E-state index is 13.1. The molecule has 3 aromatic rings. The quantitative estimate of drug-likeness (QED) is 0.646. The second-order valence-corrected chi connectivity index (χ2v) is 7.04. The highest BCUT2D eigenvalue weighted by molar-refractivity contribution is 5.90. The zero-order valence-electron chi connectivity index (χ0n) is 15.4. The summed E-state index contributed by atoms with van der Waals surface area (Å²) in [5.74, 6) is 0. The number of carbonyl (C=O) groups is 1. The summed E-state index contributed by atoms with van der Waals surface area (Å²) in [6.07, 6.45) is 2.07. The number of nitrogens with one attached hydrogen (secondary N) is 1. The number of amides is 2. The molecule has 132 valence electrons. The van der Waals surface area contributed by atoms with E-state index in [0.717, 1.165) is 33.8 Å². The van der Waals surface area contributed by atoms with Crippen molar-refractivity contribution in [2.75, 3.05) is 5.32 Å². The van der Waals surface area contributed by atoms with Gasteiger partial charge in [-0.15, -0.1) is 0 Å². The lowest BCUT2D eigenvalue weighted by Crippen LogP contribution is -2.36. The normalized spacial score (nSPS) is 15.8. The molecule has 26 heavy (non-hydrogen) atoms. The summed E-state index contributed by atoms with van der Waals surface area (Å²) in [7, 11) is 0. The minimum atomic E-state index is -0.0769. The van der Waals surface area contributed by atoms with Crippen molar-refractivity contribution in [1.82, 2.24) is 9.47 Å². The molecule has 0 radical (unpaired) electrons. The van der Waals surface area contributed by atoms with Gasteiger partial charge in [-0.1, -0.05) is 24.3 Å². The Kier molecular flexibility index (Phi) is 4.03. The lowest BCUT2D eigenvalue weighted by molar-refractivity contribution is 0.189. The summed E-state index contributed by atoms with van der Waals surface area (Å²) in [5, 5.41) is 3.08. The van der Waals surface area contributed by atoms with E-state index in [0.29, 0.717) is 6.54 Å². The van der Waals surface area contributed by atoms with E-state index in [4.69, 9.17) is 0 Å². The van der Waals surface area contributed by atoms with Crippen LogP contribution in [-0.2, 0) is 6.54 Å². The van der Waals surface area contributed by atoms with Crippen LogP contribution in [0.25, 0.3) is 5.69 Å². The van der Waals surface area contributed by atoms with Gasteiger partial charge in [0.15, 0.2) is 0 Å².